The highest BCUT2D eigenvalue weighted by Crippen LogP contribution is 2.31. The highest BCUT2D eigenvalue weighted by Gasteiger charge is 2.23. The van der Waals surface area contributed by atoms with Crippen molar-refractivity contribution in [2.45, 2.75) is 18.8 Å². The van der Waals surface area contributed by atoms with Gasteiger partial charge in [0.15, 0.2) is 9.84 Å². The lowest BCUT2D eigenvalue weighted by molar-refractivity contribution is 0.0991. The SMILES string of the molecule is C[C@@H]1COCCN1c1cc(Cl)nc2c1ccn2CS(C)(=O)=O. The smallest absolute Gasteiger partial charge is 0.165 e. The van der Waals surface area contributed by atoms with Crippen LogP contribution < -0.4 is 4.90 Å². The minimum atomic E-state index is -3.15. The molecule has 0 saturated carbocycles. The molecule has 2 aromatic rings. The summed E-state index contributed by atoms with van der Waals surface area (Å²) in [6.07, 6.45) is 2.94. The Kier molecular flexibility index (Phi) is 4.05. The Bertz CT molecular complexity index is 803. The summed E-state index contributed by atoms with van der Waals surface area (Å²) in [7, 11) is -3.15. The number of ether oxygens (including phenoxy) is 1. The third-order valence-electron chi connectivity index (χ3n) is 3.73. The summed E-state index contributed by atoms with van der Waals surface area (Å²) >= 11 is 6.16. The quantitative estimate of drug-likeness (QED) is 0.797. The van der Waals surface area contributed by atoms with Gasteiger partial charge in [0, 0.05) is 30.4 Å². The summed E-state index contributed by atoms with van der Waals surface area (Å²) in [5, 5.41) is 1.26. The molecule has 22 heavy (non-hydrogen) atoms. The van der Waals surface area contributed by atoms with Crippen LogP contribution in [0.5, 0.6) is 0 Å². The molecular formula is C14H18ClN3O3S. The topological polar surface area (TPSA) is 64.4 Å². The summed E-state index contributed by atoms with van der Waals surface area (Å²) in [5.74, 6) is -0.109. The molecule has 1 aliphatic heterocycles. The maximum Gasteiger partial charge on any atom is 0.165 e. The maximum absolute atomic E-state index is 11.6. The average Bonchev–Trinajstić information content (AvgIpc) is 2.80. The fourth-order valence-electron chi connectivity index (χ4n) is 2.79. The van der Waals surface area contributed by atoms with E-state index in [0.29, 0.717) is 24.0 Å². The van der Waals surface area contributed by atoms with Crippen molar-refractivity contribution >= 4 is 38.2 Å². The van der Waals surface area contributed by atoms with E-state index in [4.69, 9.17) is 16.3 Å². The molecule has 1 aliphatic rings. The lowest BCUT2D eigenvalue weighted by atomic mass is 10.2. The Hall–Kier alpha value is -1.31. The van der Waals surface area contributed by atoms with Crippen LogP contribution >= 0.6 is 11.6 Å². The lowest BCUT2D eigenvalue weighted by Gasteiger charge is -2.35. The fourth-order valence-corrected chi connectivity index (χ4v) is 3.69. The van der Waals surface area contributed by atoms with Gasteiger partial charge in [-0.1, -0.05) is 11.6 Å². The van der Waals surface area contributed by atoms with Crippen molar-refractivity contribution in [2.24, 2.45) is 0 Å². The molecule has 1 atom stereocenters. The molecule has 6 nitrogen and oxygen atoms in total. The number of sulfone groups is 1. The molecule has 3 rings (SSSR count). The molecular weight excluding hydrogens is 326 g/mol. The summed E-state index contributed by atoms with van der Waals surface area (Å²) < 4.78 is 30.2. The first-order valence-electron chi connectivity index (χ1n) is 7.02. The average molecular weight is 344 g/mol. The highest BCUT2D eigenvalue weighted by atomic mass is 35.5. The van der Waals surface area contributed by atoms with Crippen LogP contribution in [0.2, 0.25) is 5.15 Å². The van der Waals surface area contributed by atoms with Crippen LogP contribution in [0.1, 0.15) is 6.92 Å². The third kappa shape index (κ3) is 3.06. The zero-order chi connectivity index (χ0) is 15.9. The molecule has 3 heterocycles. The molecule has 8 heteroatoms. The first-order chi connectivity index (χ1) is 10.3. The minimum absolute atomic E-state index is 0.109. The normalized spacial score (nSPS) is 19.8. The van der Waals surface area contributed by atoms with Crippen molar-refractivity contribution in [3.05, 3.63) is 23.5 Å². The molecule has 2 aromatic heterocycles. The number of aromatic nitrogens is 2. The minimum Gasteiger partial charge on any atom is -0.377 e. The summed E-state index contributed by atoms with van der Waals surface area (Å²) in [6.45, 7) is 4.18. The number of fused-ring (bicyclic) bond motifs is 1. The van der Waals surface area contributed by atoms with Gasteiger partial charge in [0.1, 0.15) is 16.7 Å². The van der Waals surface area contributed by atoms with Crippen molar-refractivity contribution in [2.75, 3.05) is 30.9 Å². The van der Waals surface area contributed by atoms with Gasteiger partial charge in [0.2, 0.25) is 0 Å². The van der Waals surface area contributed by atoms with Crippen LogP contribution in [0.4, 0.5) is 5.69 Å². The number of anilines is 1. The van der Waals surface area contributed by atoms with Gasteiger partial charge in [-0.05, 0) is 19.1 Å². The number of hydrogen-bond acceptors (Lipinski definition) is 5. The van der Waals surface area contributed by atoms with Crippen molar-refractivity contribution in [1.82, 2.24) is 9.55 Å². The number of hydrogen-bond donors (Lipinski definition) is 0. The first-order valence-corrected chi connectivity index (χ1v) is 9.46. The van der Waals surface area contributed by atoms with Crippen LogP contribution in [0.25, 0.3) is 11.0 Å². The molecule has 0 unspecified atom stereocenters. The van der Waals surface area contributed by atoms with Crippen molar-refractivity contribution in [1.29, 1.82) is 0 Å². The Morgan fingerprint density at radius 1 is 1.50 bits per heavy atom. The lowest BCUT2D eigenvalue weighted by Crippen LogP contribution is -2.43. The fraction of sp³-hybridized carbons (Fsp3) is 0.500. The van der Waals surface area contributed by atoms with Crippen LogP contribution in [-0.4, -0.2) is 50.0 Å². The zero-order valence-electron chi connectivity index (χ0n) is 12.5. The van der Waals surface area contributed by atoms with Gasteiger partial charge in [-0.2, -0.15) is 0 Å². The maximum atomic E-state index is 11.6. The molecule has 0 bridgehead atoms. The van der Waals surface area contributed by atoms with Crippen molar-refractivity contribution < 1.29 is 13.2 Å². The zero-order valence-corrected chi connectivity index (χ0v) is 14.1. The van der Waals surface area contributed by atoms with Gasteiger partial charge in [0.25, 0.3) is 0 Å². The van der Waals surface area contributed by atoms with Crippen molar-refractivity contribution in [3.63, 3.8) is 0 Å². The Morgan fingerprint density at radius 3 is 2.95 bits per heavy atom. The molecule has 0 spiro atoms. The molecule has 0 aliphatic carbocycles. The van der Waals surface area contributed by atoms with Crippen molar-refractivity contribution in [3.8, 4) is 0 Å². The van der Waals surface area contributed by atoms with E-state index >= 15 is 0 Å². The standard InChI is InChI=1S/C14H18ClN3O3S/c1-10-8-21-6-5-18(10)12-7-13(15)16-14-11(12)3-4-17(14)9-22(2,19)20/h3-4,7,10H,5-6,8-9H2,1-2H3/t10-/m1/s1. The highest BCUT2D eigenvalue weighted by molar-refractivity contribution is 7.89. The van der Waals surface area contributed by atoms with E-state index in [0.717, 1.165) is 17.6 Å². The van der Waals surface area contributed by atoms with Gasteiger partial charge in [-0.3, -0.25) is 0 Å². The predicted octanol–water partition coefficient (Wildman–Crippen LogP) is 1.92. The third-order valence-corrected chi connectivity index (χ3v) is 4.67. The number of nitrogens with zero attached hydrogens (tertiary/aromatic N) is 3. The van der Waals surface area contributed by atoms with Crippen LogP contribution in [-0.2, 0) is 20.5 Å². The van der Waals surface area contributed by atoms with Gasteiger partial charge >= 0.3 is 0 Å². The van der Waals surface area contributed by atoms with Gasteiger partial charge < -0.3 is 14.2 Å². The molecule has 120 valence electrons. The van der Waals surface area contributed by atoms with Crippen LogP contribution in [0, 0.1) is 0 Å². The number of rotatable bonds is 3. The molecule has 0 radical (unpaired) electrons. The number of halogens is 1. The Balaban J connectivity index is 2.11. The Labute approximate surface area is 134 Å². The Morgan fingerprint density at radius 2 is 2.27 bits per heavy atom. The molecule has 0 N–H and O–H groups in total. The largest absolute Gasteiger partial charge is 0.377 e. The van der Waals surface area contributed by atoms with E-state index in [-0.39, 0.29) is 11.9 Å². The van der Waals surface area contributed by atoms with E-state index in [1.165, 1.54) is 6.26 Å². The molecule has 1 fully saturated rings. The second kappa shape index (κ2) is 5.72. The monoisotopic (exact) mass is 343 g/mol. The van der Waals surface area contributed by atoms with E-state index in [2.05, 4.69) is 16.8 Å². The van der Waals surface area contributed by atoms with Crippen LogP contribution in [0.15, 0.2) is 18.3 Å². The second-order valence-electron chi connectivity index (χ2n) is 5.66. The van der Waals surface area contributed by atoms with E-state index < -0.39 is 9.84 Å². The predicted molar refractivity (Wildman–Crippen MR) is 87.2 cm³/mol. The van der Waals surface area contributed by atoms with Gasteiger partial charge in [-0.15, -0.1) is 0 Å². The van der Waals surface area contributed by atoms with Crippen LogP contribution in [0.3, 0.4) is 0 Å². The molecule has 0 amide bonds. The van der Waals surface area contributed by atoms with Gasteiger partial charge in [-0.25, -0.2) is 13.4 Å². The van der Waals surface area contributed by atoms with E-state index in [9.17, 15) is 8.42 Å². The summed E-state index contributed by atoms with van der Waals surface area (Å²) in [6, 6.07) is 3.95. The second-order valence-corrected chi connectivity index (χ2v) is 8.16. The molecule has 1 saturated heterocycles. The number of pyridine rings is 1. The van der Waals surface area contributed by atoms with E-state index in [1.54, 1.807) is 10.8 Å². The summed E-state index contributed by atoms with van der Waals surface area (Å²) in [4.78, 5) is 6.53. The first kappa shape index (κ1) is 15.6. The van der Waals surface area contributed by atoms with Gasteiger partial charge in [0.05, 0.1) is 18.9 Å². The summed E-state index contributed by atoms with van der Waals surface area (Å²) in [5.41, 5.74) is 1.56. The van der Waals surface area contributed by atoms with E-state index in [1.807, 2.05) is 12.1 Å². The molecule has 0 aromatic carbocycles. The number of morpholine rings is 1.